The highest BCUT2D eigenvalue weighted by Gasteiger charge is 2.17. The molecule has 0 unspecified atom stereocenters. The van der Waals surface area contributed by atoms with Gasteiger partial charge in [-0.1, -0.05) is 17.7 Å². The van der Waals surface area contributed by atoms with E-state index in [2.05, 4.69) is 10.6 Å². The lowest BCUT2D eigenvalue weighted by Gasteiger charge is -2.12. The number of benzene rings is 3. The fourth-order valence-corrected chi connectivity index (χ4v) is 2.81. The number of hydrogen-bond donors (Lipinski definition) is 2. The zero-order valence-electron chi connectivity index (χ0n) is 15.7. The number of rotatable bonds is 6. The molecule has 2 amide bonds. The van der Waals surface area contributed by atoms with Crippen LogP contribution in [0.5, 0.6) is 5.75 Å². The second kappa shape index (κ2) is 9.06. The highest BCUT2D eigenvalue weighted by Crippen LogP contribution is 2.24. The topological polar surface area (TPSA) is 111 Å². The summed E-state index contributed by atoms with van der Waals surface area (Å²) in [5.74, 6) is -0.447. The van der Waals surface area contributed by atoms with Crippen LogP contribution in [-0.2, 0) is 0 Å². The number of nitro benzene ring substituents is 1. The number of ether oxygens (including phenoxy) is 1. The lowest BCUT2D eigenvalue weighted by molar-refractivity contribution is -0.384. The van der Waals surface area contributed by atoms with Crippen LogP contribution in [0.4, 0.5) is 17.1 Å². The summed E-state index contributed by atoms with van der Waals surface area (Å²) in [4.78, 5) is 35.7. The Morgan fingerprint density at radius 3 is 2.37 bits per heavy atom. The lowest BCUT2D eigenvalue weighted by atomic mass is 10.1. The monoisotopic (exact) mass is 425 g/mol. The Hall–Kier alpha value is -3.91. The van der Waals surface area contributed by atoms with E-state index in [1.165, 1.54) is 43.5 Å². The third-order valence-corrected chi connectivity index (χ3v) is 4.38. The number of carbonyl (C=O) groups is 2. The first kappa shape index (κ1) is 20.8. The van der Waals surface area contributed by atoms with E-state index in [0.29, 0.717) is 16.5 Å². The average Bonchev–Trinajstić information content (AvgIpc) is 2.75. The predicted octanol–water partition coefficient (Wildman–Crippen LogP) is 4.76. The molecule has 0 saturated carbocycles. The molecule has 30 heavy (non-hydrogen) atoms. The molecule has 9 heteroatoms. The Morgan fingerprint density at radius 2 is 1.70 bits per heavy atom. The highest BCUT2D eigenvalue weighted by molar-refractivity contribution is 6.31. The van der Waals surface area contributed by atoms with Gasteiger partial charge in [0, 0.05) is 28.4 Å². The molecule has 2 N–H and O–H groups in total. The molecule has 0 atom stereocenters. The Balaban J connectivity index is 1.84. The standard InChI is InChI=1S/C21H16ClN3O5/c1-30-17-8-6-15(7-9-17)23-21(27)18-12-14(22)5-10-19(18)24-20(26)13-3-2-4-16(11-13)25(28)29/h2-12H,1H3,(H,23,27)(H,24,26). The molecule has 0 aliphatic rings. The van der Waals surface area contributed by atoms with E-state index in [1.807, 2.05) is 0 Å². The largest absolute Gasteiger partial charge is 0.497 e. The highest BCUT2D eigenvalue weighted by atomic mass is 35.5. The summed E-state index contributed by atoms with van der Waals surface area (Å²) in [7, 11) is 1.54. The van der Waals surface area contributed by atoms with Crippen molar-refractivity contribution in [1.82, 2.24) is 0 Å². The molecule has 0 spiro atoms. The SMILES string of the molecule is COc1ccc(NC(=O)c2cc(Cl)ccc2NC(=O)c2cccc([N+](=O)[O-])c2)cc1. The van der Waals surface area contributed by atoms with Gasteiger partial charge < -0.3 is 15.4 Å². The molecular formula is C21H16ClN3O5. The van der Waals surface area contributed by atoms with E-state index in [9.17, 15) is 19.7 Å². The summed E-state index contributed by atoms with van der Waals surface area (Å²) in [5.41, 5.74) is 0.743. The van der Waals surface area contributed by atoms with Crippen LogP contribution in [-0.4, -0.2) is 23.8 Å². The molecule has 0 radical (unpaired) electrons. The number of methoxy groups -OCH3 is 1. The van der Waals surface area contributed by atoms with Crippen molar-refractivity contribution in [3.8, 4) is 5.75 Å². The van der Waals surface area contributed by atoms with Crippen LogP contribution in [0.1, 0.15) is 20.7 Å². The average molecular weight is 426 g/mol. The van der Waals surface area contributed by atoms with Crippen molar-refractivity contribution in [3.05, 3.63) is 93.0 Å². The molecule has 0 saturated heterocycles. The molecule has 0 aliphatic carbocycles. The lowest BCUT2D eigenvalue weighted by Crippen LogP contribution is -2.18. The zero-order valence-corrected chi connectivity index (χ0v) is 16.5. The van der Waals surface area contributed by atoms with Gasteiger partial charge in [-0.15, -0.1) is 0 Å². The van der Waals surface area contributed by atoms with Gasteiger partial charge in [0.05, 0.1) is 23.3 Å². The third kappa shape index (κ3) is 4.92. The van der Waals surface area contributed by atoms with Gasteiger partial charge in [-0.2, -0.15) is 0 Å². The summed E-state index contributed by atoms with van der Waals surface area (Å²) in [6, 6.07) is 16.4. The summed E-state index contributed by atoms with van der Waals surface area (Å²) < 4.78 is 5.08. The van der Waals surface area contributed by atoms with Gasteiger partial charge in [0.25, 0.3) is 17.5 Å². The van der Waals surface area contributed by atoms with Gasteiger partial charge in [-0.3, -0.25) is 19.7 Å². The summed E-state index contributed by atoms with van der Waals surface area (Å²) in [5, 5.41) is 16.6. The van der Waals surface area contributed by atoms with Crippen molar-refractivity contribution in [1.29, 1.82) is 0 Å². The van der Waals surface area contributed by atoms with Crippen LogP contribution in [0.15, 0.2) is 66.7 Å². The van der Waals surface area contributed by atoms with Crippen LogP contribution in [0, 0.1) is 10.1 Å². The Labute approximate surface area is 176 Å². The second-order valence-corrected chi connectivity index (χ2v) is 6.57. The van der Waals surface area contributed by atoms with E-state index < -0.39 is 16.7 Å². The van der Waals surface area contributed by atoms with Crippen LogP contribution in [0.3, 0.4) is 0 Å². The Morgan fingerprint density at radius 1 is 0.967 bits per heavy atom. The number of non-ortho nitro benzene ring substituents is 1. The molecule has 0 bridgehead atoms. The van der Waals surface area contributed by atoms with Crippen molar-refractivity contribution in [2.45, 2.75) is 0 Å². The number of carbonyl (C=O) groups excluding carboxylic acids is 2. The number of nitrogens with zero attached hydrogens (tertiary/aromatic N) is 1. The molecule has 152 valence electrons. The molecule has 3 aromatic rings. The van der Waals surface area contributed by atoms with Gasteiger partial charge in [0.15, 0.2) is 0 Å². The second-order valence-electron chi connectivity index (χ2n) is 6.13. The van der Waals surface area contributed by atoms with Crippen molar-refractivity contribution >= 4 is 40.5 Å². The van der Waals surface area contributed by atoms with Crippen molar-refractivity contribution in [2.75, 3.05) is 17.7 Å². The normalized spacial score (nSPS) is 10.2. The molecule has 0 fully saturated rings. The van der Waals surface area contributed by atoms with E-state index in [-0.39, 0.29) is 22.5 Å². The summed E-state index contributed by atoms with van der Waals surface area (Å²) >= 11 is 6.03. The fourth-order valence-electron chi connectivity index (χ4n) is 2.64. The number of amides is 2. The molecule has 8 nitrogen and oxygen atoms in total. The zero-order chi connectivity index (χ0) is 21.7. The minimum absolute atomic E-state index is 0.0839. The van der Waals surface area contributed by atoms with Gasteiger partial charge in [0.2, 0.25) is 0 Å². The van der Waals surface area contributed by atoms with Gasteiger partial charge in [-0.25, -0.2) is 0 Å². The minimum atomic E-state index is -0.598. The summed E-state index contributed by atoms with van der Waals surface area (Å²) in [6.07, 6.45) is 0. The number of nitrogens with one attached hydrogen (secondary N) is 2. The van der Waals surface area contributed by atoms with Crippen molar-refractivity contribution < 1.29 is 19.2 Å². The molecule has 0 aliphatic heterocycles. The van der Waals surface area contributed by atoms with Crippen molar-refractivity contribution in [2.24, 2.45) is 0 Å². The molecular weight excluding hydrogens is 410 g/mol. The third-order valence-electron chi connectivity index (χ3n) is 4.14. The van der Waals surface area contributed by atoms with E-state index >= 15 is 0 Å². The molecule has 3 rings (SSSR count). The number of nitro groups is 1. The Kier molecular flexibility index (Phi) is 6.29. The van der Waals surface area contributed by atoms with Crippen LogP contribution in [0.2, 0.25) is 5.02 Å². The fraction of sp³-hybridized carbons (Fsp3) is 0.0476. The van der Waals surface area contributed by atoms with Gasteiger partial charge >= 0.3 is 0 Å². The summed E-state index contributed by atoms with van der Waals surface area (Å²) in [6.45, 7) is 0. The first-order valence-corrected chi connectivity index (χ1v) is 9.06. The Bertz CT molecular complexity index is 1120. The maximum atomic E-state index is 12.8. The van der Waals surface area contributed by atoms with E-state index in [1.54, 1.807) is 24.3 Å². The first-order chi connectivity index (χ1) is 14.4. The van der Waals surface area contributed by atoms with Gasteiger partial charge in [0.1, 0.15) is 5.75 Å². The number of halogens is 1. The number of hydrogen-bond acceptors (Lipinski definition) is 5. The molecule has 0 aromatic heterocycles. The minimum Gasteiger partial charge on any atom is -0.497 e. The van der Waals surface area contributed by atoms with Crippen LogP contribution >= 0.6 is 11.6 Å². The molecule has 0 heterocycles. The first-order valence-electron chi connectivity index (χ1n) is 8.68. The van der Waals surface area contributed by atoms with Crippen molar-refractivity contribution in [3.63, 3.8) is 0 Å². The van der Waals surface area contributed by atoms with Crippen LogP contribution in [0.25, 0.3) is 0 Å². The van der Waals surface area contributed by atoms with E-state index in [4.69, 9.17) is 16.3 Å². The number of anilines is 2. The van der Waals surface area contributed by atoms with E-state index in [0.717, 1.165) is 6.07 Å². The maximum absolute atomic E-state index is 12.8. The molecule has 3 aromatic carbocycles. The predicted molar refractivity (Wildman–Crippen MR) is 113 cm³/mol. The maximum Gasteiger partial charge on any atom is 0.270 e. The smallest absolute Gasteiger partial charge is 0.270 e. The van der Waals surface area contributed by atoms with Gasteiger partial charge in [-0.05, 0) is 48.5 Å². The van der Waals surface area contributed by atoms with Crippen LogP contribution < -0.4 is 15.4 Å². The quantitative estimate of drug-likeness (QED) is 0.437.